The SMILES string of the molecule is O=[N+]([O-])c1ccc(NCc2cc(Cl)ccc2O)c(F)c1. The Balaban J connectivity index is 2.15. The van der Waals surface area contributed by atoms with Crippen LogP contribution in [0.15, 0.2) is 36.4 Å². The molecule has 0 saturated heterocycles. The summed E-state index contributed by atoms with van der Waals surface area (Å²) in [5.74, 6) is -0.704. The number of nitro groups is 1. The van der Waals surface area contributed by atoms with Crippen LogP contribution in [0.5, 0.6) is 5.75 Å². The minimum absolute atomic E-state index is 0.0317. The predicted octanol–water partition coefficient (Wildman–Crippen LogP) is 3.71. The summed E-state index contributed by atoms with van der Waals surface area (Å²) in [5, 5.41) is 23.3. The third-order valence-corrected chi connectivity index (χ3v) is 2.91. The molecule has 0 spiro atoms. The van der Waals surface area contributed by atoms with Crippen LogP contribution in [0.1, 0.15) is 5.56 Å². The van der Waals surface area contributed by atoms with Crippen molar-refractivity contribution in [3.63, 3.8) is 0 Å². The fourth-order valence-corrected chi connectivity index (χ4v) is 1.84. The van der Waals surface area contributed by atoms with Crippen LogP contribution in [-0.4, -0.2) is 10.0 Å². The second-order valence-electron chi connectivity index (χ2n) is 4.05. The van der Waals surface area contributed by atoms with E-state index in [1.54, 1.807) is 6.07 Å². The summed E-state index contributed by atoms with van der Waals surface area (Å²) in [5.41, 5.74) is 0.281. The van der Waals surface area contributed by atoms with Crippen molar-refractivity contribution in [2.45, 2.75) is 6.54 Å². The maximum atomic E-state index is 13.6. The van der Waals surface area contributed by atoms with E-state index in [2.05, 4.69) is 5.32 Å². The number of aromatic hydroxyl groups is 1. The number of halogens is 2. The molecule has 0 unspecified atom stereocenters. The molecule has 0 aliphatic carbocycles. The fourth-order valence-electron chi connectivity index (χ4n) is 1.65. The largest absolute Gasteiger partial charge is 0.508 e. The number of hydrogen-bond acceptors (Lipinski definition) is 4. The Kier molecular flexibility index (Phi) is 4.05. The summed E-state index contributed by atoms with van der Waals surface area (Å²) >= 11 is 5.80. The minimum atomic E-state index is -0.735. The van der Waals surface area contributed by atoms with Crippen molar-refractivity contribution in [3.05, 3.63) is 62.9 Å². The first-order chi connectivity index (χ1) is 9.47. The van der Waals surface area contributed by atoms with Gasteiger partial charge in [-0.15, -0.1) is 0 Å². The van der Waals surface area contributed by atoms with E-state index in [1.165, 1.54) is 24.3 Å². The molecule has 104 valence electrons. The molecule has 0 saturated carbocycles. The van der Waals surface area contributed by atoms with Gasteiger partial charge >= 0.3 is 0 Å². The van der Waals surface area contributed by atoms with Crippen LogP contribution in [0, 0.1) is 15.9 Å². The standard InChI is InChI=1S/C13H10ClFN2O3/c14-9-1-4-13(18)8(5-9)7-16-12-3-2-10(17(19)20)6-11(12)15/h1-6,16,18H,7H2. The topological polar surface area (TPSA) is 75.4 Å². The molecule has 0 fully saturated rings. The lowest BCUT2D eigenvalue weighted by molar-refractivity contribution is -0.385. The number of phenolic OH excluding ortho intramolecular Hbond substituents is 1. The van der Waals surface area contributed by atoms with Crippen molar-refractivity contribution in [1.29, 1.82) is 0 Å². The molecule has 2 N–H and O–H groups in total. The van der Waals surface area contributed by atoms with Gasteiger partial charge in [-0.25, -0.2) is 4.39 Å². The van der Waals surface area contributed by atoms with Gasteiger partial charge in [0.25, 0.3) is 5.69 Å². The summed E-state index contributed by atoms with van der Waals surface area (Å²) in [4.78, 5) is 9.83. The molecule has 7 heteroatoms. The predicted molar refractivity (Wildman–Crippen MR) is 73.5 cm³/mol. The second-order valence-corrected chi connectivity index (χ2v) is 4.48. The molecule has 2 aromatic carbocycles. The summed E-state index contributed by atoms with van der Waals surface area (Å²) in [6.07, 6.45) is 0. The zero-order chi connectivity index (χ0) is 14.7. The van der Waals surface area contributed by atoms with E-state index in [4.69, 9.17) is 11.6 Å². The number of nitrogens with one attached hydrogen (secondary N) is 1. The second kappa shape index (κ2) is 5.75. The van der Waals surface area contributed by atoms with Gasteiger partial charge in [0.15, 0.2) is 5.82 Å². The molecule has 2 aromatic rings. The number of nitro benzene ring substituents is 1. The van der Waals surface area contributed by atoms with Gasteiger partial charge in [-0.2, -0.15) is 0 Å². The normalized spacial score (nSPS) is 10.3. The Hall–Kier alpha value is -2.34. The smallest absolute Gasteiger partial charge is 0.272 e. The van der Waals surface area contributed by atoms with E-state index >= 15 is 0 Å². The molecule has 2 rings (SSSR count). The molecule has 0 atom stereocenters. The van der Waals surface area contributed by atoms with Crippen molar-refractivity contribution >= 4 is 23.0 Å². The van der Waals surface area contributed by atoms with E-state index in [0.29, 0.717) is 10.6 Å². The van der Waals surface area contributed by atoms with Crippen LogP contribution < -0.4 is 5.32 Å². The van der Waals surface area contributed by atoms with Crippen LogP contribution >= 0.6 is 11.6 Å². The zero-order valence-electron chi connectivity index (χ0n) is 10.1. The molecule has 0 amide bonds. The lowest BCUT2D eigenvalue weighted by Gasteiger charge is -2.09. The highest BCUT2D eigenvalue weighted by Crippen LogP contribution is 2.24. The van der Waals surface area contributed by atoms with Gasteiger partial charge in [-0.05, 0) is 24.3 Å². The number of nitrogens with zero attached hydrogens (tertiary/aromatic N) is 1. The lowest BCUT2D eigenvalue weighted by atomic mass is 10.2. The van der Waals surface area contributed by atoms with Gasteiger partial charge in [-0.1, -0.05) is 11.6 Å². The van der Waals surface area contributed by atoms with Crippen LogP contribution in [0.4, 0.5) is 15.8 Å². The molecule has 5 nitrogen and oxygen atoms in total. The first kappa shape index (κ1) is 14.1. The van der Waals surface area contributed by atoms with Crippen LogP contribution in [0.2, 0.25) is 5.02 Å². The van der Waals surface area contributed by atoms with E-state index in [9.17, 15) is 19.6 Å². The molecular formula is C13H10ClFN2O3. The van der Waals surface area contributed by atoms with Gasteiger partial charge in [0.1, 0.15) is 5.75 Å². The molecule has 0 aliphatic rings. The number of phenols is 1. The first-order valence-electron chi connectivity index (χ1n) is 5.62. The van der Waals surface area contributed by atoms with Crippen molar-refractivity contribution in [2.75, 3.05) is 5.32 Å². The van der Waals surface area contributed by atoms with Gasteiger partial charge in [-0.3, -0.25) is 10.1 Å². The number of non-ortho nitro benzene ring substituents is 1. The van der Waals surface area contributed by atoms with Gasteiger partial charge < -0.3 is 10.4 Å². The highest BCUT2D eigenvalue weighted by atomic mass is 35.5. The first-order valence-corrected chi connectivity index (χ1v) is 6.00. The summed E-state index contributed by atoms with van der Waals surface area (Å²) in [6, 6.07) is 7.82. The summed E-state index contributed by atoms with van der Waals surface area (Å²) in [7, 11) is 0. The minimum Gasteiger partial charge on any atom is -0.508 e. The Morgan fingerprint density at radius 3 is 2.70 bits per heavy atom. The molecule has 0 bridgehead atoms. The fraction of sp³-hybridized carbons (Fsp3) is 0.0769. The Morgan fingerprint density at radius 2 is 2.05 bits per heavy atom. The maximum absolute atomic E-state index is 13.6. The Labute approximate surface area is 118 Å². The van der Waals surface area contributed by atoms with Crippen molar-refractivity contribution in [3.8, 4) is 5.75 Å². The van der Waals surface area contributed by atoms with Crippen LogP contribution in [-0.2, 0) is 6.54 Å². The Morgan fingerprint density at radius 1 is 1.30 bits per heavy atom. The lowest BCUT2D eigenvalue weighted by Crippen LogP contribution is -2.02. The molecule has 0 aromatic heterocycles. The molecule has 20 heavy (non-hydrogen) atoms. The van der Waals surface area contributed by atoms with Gasteiger partial charge in [0.05, 0.1) is 16.7 Å². The molecule has 0 aliphatic heterocycles. The van der Waals surface area contributed by atoms with Crippen molar-refractivity contribution < 1.29 is 14.4 Å². The summed E-state index contributed by atoms with van der Waals surface area (Å²) < 4.78 is 13.6. The average Bonchev–Trinajstić information content (AvgIpc) is 2.40. The van der Waals surface area contributed by atoms with Gasteiger partial charge in [0, 0.05) is 23.2 Å². The highest BCUT2D eigenvalue weighted by molar-refractivity contribution is 6.30. The third kappa shape index (κ3) is 3.16. The highest BCUT2D eigenvalue weighted by Gasteiger charge is 2.11. The quantitative estimate of drug-likeness (QED) is 0.666. The van der Waals surface area contributed by atoms with Crippen molar-refractivity contribution in [1.82, 2.24) is 0 Å². The van der Waals surface area contributed by atoms with Gasteiger partial charge in [0.2, 0.25) is 0 Å². The third-order valence-electron chi connectivity index (χ3n) is 2.67. The number of rotatable bonds is 4. The average molecular weight is 297 g/mol. The number of anilines is 1. The molecular weight excluding hydrogens is 287 g/mol. The van der Waals surface area contributed by atoms with Crippen molar-refractivity contribution in [2.24, 2.45) is 0 Å². The van der Waals surface area contributed by atoms with E-state index in [0.717, 1.165) is 6.07 Å². The van der Waals surface area contributed by atoms with E-state index in [1.807, 2.05) is 0 Å². The zero-order valence-corrected chi connectivity index (χ0v) is 10.9. The van der Waals surface area contributed by atoms with Crippen LogP contribution in [0.3, 0.4) is 0 Å². The Bertz CT molecular complexity index is 664. The van der Waals surface area contributed by atoms with E-state index < -0.39 is 10.7 Å². The number of benzene rings is 2. The molecule has 0 heterocycles. The van der Waals surface area contributed by atoms with Crippen LogP contribution in [0.25, 0.3) is 0 Å². The number of hydrogen-bond donors (Lipinski definition) is 2. The summed E-state index contributed by atoms with van der Waals surface area (Å²) in [6.45, 7) is 0.140. The monoisotopic (exact) mass is 296 g/mol. The van der Waals surface area contributed by atoms with E-state index in [-0.39, 0.29) is 23.7 Å². The molecule has 0 radical (unpaired) electrons. The maximum Gasteiger partial charge on any atom is 0.272 e.